The predicted molar refractivity (Wildman–Crippen MR) is 95.6 cm³/mol. The fraction of sp³-hybridized carbons (Fsp3) is 0.529. The van der Waals surface area contributed by atoms with Gasteiger partial charge in [-0.3, -0.25) is 4.79 Å². The Kier molecular flexibility index (Phi) is 5.23. The minimum absolute atomic E-state index is 0.0783. The van der Waals surface area contributed by atoms with Crippen molar-refractivity contribution in [1.82, 2.24) is 20.2 Å². The highest BCUT2D eigenvalue weighted by Gasteiger charge is 2.21. The molecule has 1 saturated heterocycles. The van der Waals surface area contributed by atoms with E-state index in [-0.39, 0.29) is 11.9 Å². The Labute approximate surface area is 141 Å². The molecule has 1 fully saturated rings. The number of aromatic nitrogens is 2. The van der Waals surface area contributed by atoms with Gasteiger partial charge in [0.1, 0.15) is 12.4 Å². The van der Waals surface area contributed by atoms with Gasteiger partial charge in [0.05, 0.1) is 16.8 Å². The van der Waals surface area contributed by atoms with E-state index in [1.807, 2.05) is 28.8 Å². The van der Waals surface area contributed by atoms with Crippen molar-refractivity contribution in [2.75, 3.05) is 12.8 Å². The first-order valence-electron chi connectivity index (χ1n) is 8.13. The molecule has 0 radical (unpaired) electrons. The normalized spacial score (nSPS) is 21.5. The molecule has 2 aromatic rings. The van der Waals surface area contributed by atoms with Crippen molar-refractivity contribution < 1.29 is 4.79 Å². The van der Waals surface area contributed by atoms with Crippen molar-refractivity contribution in [1.29, 1.82) is 0 Å². The van der Waals surface area contributed by atoms with Crippen LogP contribution in [0.4, 0.5) is 0 Å². The monoisotopic (exact) mass is 332 g/mol. The molecule has 2 N–H and O–H groups in total. The van der Waals surface area contributed by atoms with Crippen LogP contribution in [0.15, 0.2) is 24.3 Å². The van der Waals surface area contributed by atoms with E-state index in [2.05, 4.69) is 28.8 Å². The number of benzene rings is 1. The van der Waals surface area contributed by atoms with Crippen molar-refractivity contribution in [2.45, 2.75) is 44.1 Å². The van der Waals surface area contributed by atoms with E-state index >= 15 is 0 Å². The summed E-state index contributed by atoms with van der Waals surface area (Å²) in [4.78, 5) is 17.2. The van der Waals surface area contributed by atoms with E-state index in [1.165, 1.54) is 0 Å². The highest BCUT2D eigenvalue weighted by Crippen LogP contribution is 2.19. The summed E-state index contributed by atoms with van der Waals surface area (Å²) in [5, 5.41) is 6.60. The van der Waals surface area contributed by atoms with E-state index in [1.54, 1.807) is 11.8 Å². The smallest absolute Gasteiger partial charge is 0.240 e. The molecule has 124 valence electrons. The highest BCUT2D eigenvalue weighted by molar-refractivity contribution is 7.97. The summed E-state index contributed by atoms with van der Waals surface area (Å²) in [7, 11) is 0. The molecular formula is C17H24N4OS. The van der Waals surface area contributed by atoms with Gasteiger partial charge in [-0.1, -0.05) is 12.1 Å². The summed E-state index contributed by atoms with van der Waals surface area (Å²) in [6.07, 6.45) is 4.05. The van der Waals surface area contributed by atoms with Gasteiger partial charge in [-0.15, -0.1) is 0 Å². The van der Waals surface area contributed by atoms with Gasteiger partial charge in [-0.25, -0.2) is 4.98 Å². The molecule has 23 heavy (non-hydrogen) atoms. The summed E-state index contributed by atoms with van der Waals surface area (Å²) in [5.41, 5.74) is 1.99. The van der Waals surface area contributed by atoms with Gasteiger partial charge in [0.15, 0.2) is 0 Å². The number of rotatable bonds is 5. The zero-order chi connectivity index (χ0) is 16.2. The largest absolute Gasteiger partial charge is 0.352 e. The molecule has 2 heterocycles. The highest BCUT2D eigenvalue weighted by atomic mass is 32.2. The van der Waals surface area contributed by atoms with Gasteiger partial charge >= 0.3 is 0 Å². The first-order valence-corrected chi connectivity index (χ1v) is 9.52. The number of carbonyl (C=O) groups is 1. The number of para-hydroxylation sites is 2. The molecule has 6 heteroatoms. The lowest BCUT2D eigenvalue weighted by molar-refractivity contribution is -0.122. The zero-order valence-corrected chi connectivity index (χ0v) is 14.5. The molecule has 5 nitrogen and oxygen atoms in total. The maximum absolute atomic E-state index is 12.5. The van der Waals surface area contributed by atoms with Crippen LogP contribution >= 0.6 is 11.8 Å². The Bertz CT molecular complexity index is 684. The number of fused-ring (bicyclic) bond motifs is 1. The van der Waals surface area contributed by atoms with Crippen molar-refractivity contribution in [3.8, 4) is 0 Å². The number of imidazole rings is 1. The van der Waals surface area contributed by atoms with Gasteiger partial charge in [0.25, 0.3) is 0 Å². The van der Waals surface area contributed by atoms with Crippen molar-refractivity contribution >= 4 is 28.7 Å². The van der Waals surface area contributed by atoms with Crippen LogP contribution in [0, 0.1) is 0 Å². The van der Waals surface area contributed by atoms with Crippen LogP contribution in [0.1, 0.15) is 25.6 Å². The third-order valence-corrected chi connectivity index (χ3v) is 4.84. The molecule has 2 unspecified atom stereocenters. The van der Waals surface area contributed by atoms with Gasteiger partial charge in [0, 0.05) is 12.1 Å². The number of hydrogen-bond acceptors (Lipinski definition) is 4. The SMILES string of the molecule is CSCc1nc2ccccc2n1CC(=O)NC1CCNC(C)C1. The first-order chi connectivity index (χ1) is 11.2. The van der Waals surface area contributed by atoms with Gasteiger partial charge in [-0.2, -0.15) is 11.8 Å². The van der Waals surface area contributed by atoms with E-state index in [0.29, 0.717) is 12.6 Å². The fourth-order valence-corrected chi connectivity index (χ4v) is 3.70. The summed E-state index contributed by atoms with van der Waals surface area (Å²) in [6.45, 7) is 3.48. The average Bonchev–Trinajstić information content (AvgIpc) is 2.85. The molecule has 3 rings (SSSR count). The summed E-state index contributed by atoms with van der Waals surface area (Å²) >= 11 is 1.72. The number of thioether (sulfide) groups is 1. The maximum atomic E-state index is 12.5. The quantitative estimate of drug-likeness (QED) is 0.881. The molecule has 0 aliphatic carbocycles. The second-order valence-corrected chi connectivity index (χ2v) is 7.05. The van der Waals surface area contributed by atoms with E-state index in [9.17, 15) is 4.79 Å². The van der Waals surface area contributed by atoms with Crippen LogP contribution in [-0.4, -0.2) is 40.3 Å². The Morgan fingerprint density at radius 3 is 3.09 bits per heavy atom. The number of hydrogen-bond donors (Lipinski definition) is 2. The van der Waals surface area contributed by atoms with E-state index in [4.69, 9.17) is 0 Å². The molecule has 1 aliphatic rings. The molecular weight excluding hydrogens is 308 g/mol. The van der Waals surface area contributed by atoms with Gasteiger partial charge in [0.2, 0.25) is 5.91 Å². The van der Waals surface area contributed by atoms with Gasteiger partial charge < -0.3 is 15.2 Å². The van der Waals surface area contributed by atoms with Crippen LogP contribution < -0.4 is 10.6 Å². The van der Waals surface area contributed by atoms with Crippen LogP contribution in [0.3, 0.4) is 0 Å². The minimum Gasteiger partial charge on any atom is -0.352 e. The van der Waals surface area contributed by atoms with Crippen LogP contribution in [0.2, 0.25) is 0 Å². The summed E-state index contributed by atoms with van der Waals surface area (Å²) in [5.74, 6) is 1.86. The van der Waals surface area contributed by atoms with E-state index < -0.39 is 0 Å². The van der Waals surface area contributed by atoms with Crippen molar-refractivity contribution in [3.63, 3.8) is 0 Å². The zero-order valence-electron chi connectivity index (χ0n) is 13.7. The second kappa shape index (κ2) is 7.36. The number of carbonyl (C=O) groups excluding carboxylic acids is 1. The summed E-state index contributed by atoms with van der Waals surface area (Å²) in [6, 6.07) is 8.76. The second-order valence-electron chi connectivity index (χ2n) is 6.18. The number of nitrogens with zero attached hydrogens (tertiary/aromatic N) is 2. The molecule has 0 saturated carbocycles. The Balaban J connectivity index is 1.74. The van der Waals surface area contributed by atoms with Crippen molar-refractivity contribution in [2.24, 2.45) is 0 Å². The molecule has 0 spiro atoms. The standard InChI is InChI=1S/C17H24N4OS/c1-12-9-13(7-8-18-12)19-17(22)10-21-15-6-4-3-5-14(15)20-16(21)11-23-2/h3-6,12-13,18H,7-11H2,1-2H3,(H,19,22). The molecule has 1 amide bonds. The lowest BCUT2D eigenvalue weighted by atomic mass is 10.0. The molecule has 1 aromatic carbocycles. The predicted octanol–water partition coefficient (Wildman–Crippen LogP) is 2.16. The summed E-state index contributed by atoms with van der Waals surface area (Å²) < 4.78 is 2.05. The van der Waals surface area contributed by atoms with Gasteiger partial charge in [-0.05, 0) is 44.7 Å². The average molecular weight is 332 g/mol. The number of nitrogens with one attached hydrogen (secondary N) is 2. The molecule has 2 atom stereocenters. The minimum atomic E-state index is 0.0783. The van der Waals surface area contributed by atoms with E-state index in [0.717, 1.165) is 42.0 Å². The fourth-order valence-electron chi connectivity index (χ4n) is 3.22. The number of piperidine rings is 1. The molecule has 1 aliphatic heterocycles. The third-order valence-electron chi connectivity index (χ3n) is 4.30. The topological polar surface area (TPSA) is 59.0 Å². The Morgan fingerprint density at radius 1 is 1.48 bits per heavy atom. The number of amides is 1. The lowest BCUT2D eigenvalue weighted by Gasteiger charge is -2.28. The van der Waals surface area contributed by atoms with Crippen LogP contribution in [0.5, 0.6) is 0 Å². The van der Waals surface area contributed by atoms with Crippen LogP contribution in [0.25, 0.3) is 11.0 Å². The molecule has 0 bridgehead atoms. The first kappa shape index (κ1) is 16.3. The molecule has 1 aromatic heterocycles. The maximum Gasteiger partial charge on any atom is 0.240 e. The third kappa shape index (κ3) is 3.87. The lowest BCUT2D eigenvalue weighted by Crippen LogP contribution is -2.47. The Hall–Kier alpha value is -1.53. The van der Waals surface area contributed by atoms with Crippen molar-refractivity contribution in [3.05, 3.63) is 30.1 Å². The Morgan fingerprint density at radius 2 is 2.30 bits per heavy atom. The van der Waals surface area contributed by atoms with Crippen LogP contribution in [-0.2, 0) is 17.1 Å².